The molecule has 3 rings (SSSR count). The fourth-order valence-corrected chi connectivity index (χ4v) is 2.98. The maximum Gasteiger partial charge on any atom is 0.356 e. The van der Waals surface area contributed by atoms with Gasteiger partial charge in [-0.3, -0.25) is 4.79 Å². The first-order chi connectivity index (χ1) is 12.6. The van der Waals surface area contributed by atoms with E-state index in [0.29, 0.717) is 11.4 Å². The number of ether oxygens (including phenoxy) is 1. The lowest BCUT2D eigenvalue weighted by molar-refractivity contribution is 0.0685. The van der Waals surface area contributed by atoms with E-state index in [1.165, 1.54) is 25.9 Å². The number of carboxylic acid groups (broad SMARTS) is 1. The number of carbonyl (C=O) groups is 2. The number of aromatic carboxylic acids is 1. The number of nitrogens with one attached hydrogen (secondary N) is 1. The summed E-state index contributed by atoms with van der Waals surface area (Å²) in [7, 11) is 1.51. The third-order valence-electron chi connectivity index (χ3n) is 4.27. The Morgan fingerprint density at radius 1 is 1.12 bits per heavy atom. The van der Waals surface area contributed by atoms with E-state index in [-0.39, 0.29) is 5.69 Å². The van der Waals surface area contributed by atoms with Crippen molar-refractivity contribution in [3.8, 4) is 5.75 Å². The molecule has 136 valence electrons. The van der Waals surface area contributed by atoms with Crippen LogP contribution in [0.5, 0.6) is 5.75 Å². The van der Waals surface area contributed by atoms with E-state index < -0.39 is 17.6 Å². The van der Waals surface area contributed by atoms with Gasteiger partial charge in [-0.2, -0.15) is 0 Å². The van der Waals surface area contributed by atoms with Crippen LogP contribution in [0.1, 0.15) is 40.2 Å². The van der Waals surface area contributed by atoms with Crippen molar-refractivity contribution in [3.05, 3.63) is 42.0 Å². The molecule has 1 aromatic heterocycles. The highest BCUT2D eigenvalue weighted by Crippen LogP contribution is 2.31. The molecule has 2 N–H and O–H groups in total. The number of amides is 1. The van der Waals surface area contributed by atoms with Crippen LogP contribution < -0.4 is 15.0 Å². The number of methoxy groups -OCH3 is 1. The summed E-state index contributed by atoms with van der Waals surface area (Å²) in [6.07, 6.45) is 6.01. The number of nitrogens with zero attached hydrogens (tertiary/aromatic N) is 3. The third-order valence-corrected chi connectivity index (χ3v) is 4.27. The molecule has 26 heavy (non-hydrogen) atoms. The quantitative estimate of drug-likeness (QED) is 0.847. The van der Waals surface area contributed by atoms with E-state index in [4.69, 9.17) is 4.74 Å². The van der Waals surface area contributed by atoms with E-state index in [1.54, 1.807) is 6.07 Å². The minimum Gasteiger partial charge on any atom is -0.495 e. The average molecular weight is 356 g/mol. The van der Waals surface area contributed by atoms with E-state index in [0.717, 1.165) is 31.6 Å². The van der Waals surface area contributed by atoms with Crippen molar-refractivity contribution >= 4 is 23.3 Å². The molecule has 0 spiro atoms. The van der Waals surface area contributed by atoms with E-state index in [1.807, 2.05) is 12.1 Å². The van der Waals surface area contributed by atoms with Gasteiger partial charge in [-0.15, -0.1) is 0 Å². The van der Waals surface area contributed by atoms with Gasteiger partial charge in [0.15, 0.2) is 11.4 Å². The molecule has 1 fully saturated rings. The first-order valence-electron chi connectivity index (χ1n) is 8.39. The smallest absolute Gasteiger partial charge is 0.356 e. The summed E-state index contributed by atoms with van der Waals surface area (Å²) in [5.41, 5.74) is 0.808. The zero-order valence-corrected chi connectivity index (χ0v) is 14.4. The van der Waals surface area contributed by atoms with Gasteiger partial charge in [-0.05, 0) is 37.5 Å². The molecule has 0 aliphatic carbocycles. The van der Waals surface area contributed by atoms with Crippen LogP contribution in [-0.2, 0) is 0 Å². The Balaban J connectivity index is 1.88. The number of piperidine rings is 1. The van der Waals surface area contributed by atoms with Crippen LogP contribution >= 0.6 is 0 Å². The van der Waals surface area contributed by atoms with E-state index in [9.17, 15) is 14.7 Å². The highest BCUT2D eigenvalue weighted by Gasteiger charge is 2.21. The minimum atomic E-state index is -1.31. The van der Waals surface area contributed by atoms with Gasteiger partial charge >= 0.3 is 5.97 Å². The molecule has 0 atom stereocenters. The molecule has 1 amide bonds. The van der Waals surface area contributed by atoms with Crippen molar-refractivity contribution < 1.29 is 19.4 Å². The van der Waals surface area contributed by atoms with Crippen LogP contribution in [0.3, 0.4) is 0 Å². The third kappa shape index (κ3) is 3.74. The highest BCUT2D eigenvalue weighted by molar-refractivity contribution is 6.09. The molecule has 0 bridgehead atoms. The zero-order valence-electron chi connectivity index (χ0n) is 14.4. The number of anilines is 2. The standard InChI is InChI=1S/C18H20N4O4/c1-26-14-6-5-12(22-9-3-2-4-10-22)11-13(14)21-17(23)15-16(18(24)25)20-8-7-19-15/h5-8,11H,2-4,9-10H2,1H3,(H,21,23)(H,24,25). The van der Waals surface area contributed by atoms with Crippen LogP contribution in [-0.4, -0.2) is 47.2 Å². The second-order valence-corrected chi connectivity index (χ2v) is 5.95. The fourth-order valence-electron chi connectivity index (χ4n) is 2.98. The number of carbonyl (C=O) groups excluding carboxylic acids is 1. The van der Waals surface area contributed by atoms with Crippen molar-refractivity contribution in [2.24, 2.45) is 0 Å². The predicted octanol–water partition coefficient (Wildman–Crippen LogP) is 2.43. The first kappa shape index (κ1) is 17.7. The Bertz CT molecular complexity index is 819. The SMILES string of the molecule is COc1ccc(N2CCCCC2)cc1NC(=O)c1nccnc1C(=O)O. The fraction of sp³-hybridized carbons (Fsp3) is 0.333. The Morgan fingerprint density at radius 2 is 1.81 bits per heavy atom. The van der Waals surface area contributed by atoms with E-state index in [2.05, 4.69) is 20.2 Å². The van der Waals surface area contributed by atoms with Crippen molar-refractivity contribution in [1.82, 2.24) is 9.97 Å². The van der Waals surface area contributed by atoms with Crippen molar-refractivity contribution in [1.29, 1.82) is 0 Å². The maximum absolute atomic E-state index is 12.5. The monoisotopic (exact) mass is 356 g/mol. The molecule has 8 heteroatoms. The molecule has 1 saturated heterocycles. The van der Waals surface area contributed by atoms with Gasteiger partial charge in [-0.1, -0.05) is 0 Å². The molecule has 0 saturated carbocycles. The molecule has 2 aromatic rings. The van der Waals surface area contributed by atoms with Gasteiger partial charge in [0.1, 0.15) is 5.75 Å². The first-order valence-corrected chi connectivity index (χ1v) is 8.39. The van der Waals surface area contributed by atoms with Crippen LogP contribution in [0.15, 0.2) is 30.6 Å². The molecular formula is C18H20N4O4. The molecule has 1 aliphatic rings. The number of aromatic nitrogens is 2. The van der Waals surface area contributed by atoms with Gasteiger partial charge in [-0.25, -0.2) is 14.8 Å². The number of hydrogen-bond acceptors (Lipinski definition) is 6. The highest BCUT2D eigenvalue weighted by atomic mass is 16.5. The zero-order chi connectivity index (χ0) is 18.5. The second kappa shape index (κ2) is 7.81. The second-order valence-electron chi connectivity index (χ2n) is 5.95. The van der Waals surface area contributed by atoms with Crippen LogP contribution in [0.4, 0.5) is 11.4 Å². The van der Waals surface area contributed by atoms with Gasteiger partial charge < -0.3 is 20.1 Å². The van der Waals surface area contributed by atoms with Crippen molar-refractivity contribution in [2.75, 3.05) is 30.4 Å². The van der Waals surface area contributed by atoms with E-state index >= 15 is 0 Å². The summed E-state index contributed by atoms with van der Waals surface area (Å²) in [4.78, 5) is 33.6. The Labute approximate surface area is 150 Å². The van der Waals surface area contributed by atoms with Gasteiger partial charge in [0.2, 0.25) is 0 Å². The number of rotatable bonds is 5. The summed E-state index contributed by atoms with van der Waals surface area (Å²) in [6.45, 7) is 1.93. The number of benzene rings is 1. The number of carboxylic acids is 1. The molecular weight excluding hydrogens is 336 g/mol. The maximum atomic E-state index is 12.5. The molecule has 0 radical (unpaired) electrons. The predicted molar refractivity (Wildman–Crippen MR) is 96.0 cm³/mol. The summed E-state index contributed by atoms with van der Waals surface area (Å²) in [6, 6.07) is 5.57. The topological polar surface area (TPSA) is 105 Å². The number of hydrogen-bond donors (Lipinski definition) is 2. The normalized spacial score (nSPS) is 14.0. The van der Waals surface area contributed by atoms with Crippen LogP contribution in [0.2, 0.25) is 0 Å². The molecule has 1 aliphatic heterocycles. The molecule has 1 aromatic carbocycles. The van der Waals surface area contributed by atoms with Gasteiger partial charge in [0.05, 0.1) is 12.8 Å². The van der Waals surface area contributed by atoms with Gasteiger partial charge in [0, 0.05) is 31.2 Å². The lowest BCUT2D eigenvalue weighted by atomic mass is 10.1. The Morgan fingerprint density at radius 3 is 2.46 bits per heavy atom. The van der Waals surface area contributed by atoms with Crippen LogP contribution in [0.25, 0.3) is 0 Å². The van der Waals surface area contributed by atoms with Crippen molar-refractivity contribution in [3.63, 3.8) is 0 Å². The summed E-state index contributed by atoms with van der Waals surface area (Å²) in [5, 5.41) is 11.9. The lowest BCUT2D eigenvalue weighted by Gasteiger charge is -2.29. The minimum absolute atomic E-state index is 0.245. The Hall–Kier alpha value is -3.16. The Kier molecular flexibility index (Phi) is 5.31. The van der Waals surface area contributed by atoms with Crippen LogP contribution in [0, 0.1) is 0 Å². The van der Waals surface area contributed by atoms with Crippen molar-refractivity contribution in [2.45, 2.75) is 19.3 Å². The summed E-state index contributed by atoms with van der Waals surface area (Å²) >= 11 is 0. The molecule has 2 heterocycles. The lowest BCUT2D eigenvalue weighted by Crippen LogP contribution is -2.29. The van der Waals surface area contributed by atoms with Gasteiger partial charge in [0.25, 0.3) is 5.91 Å². The largest absolute Gasteiger partial charge is 0.495 e. The molecule has 0 unspecified atom stereocenters. The summed E-state index contributed by atoms with van der Waals surface area (Å²) < 4.78 is 5.32. The average Bonchev–Trinajstić information content (AvgIpc) is 2.68. The molecule has 8 nitrogen and oxygen atoms in total. The summed E-state index contributed by atoms with van der Waals surface area (Å²) in [5.74, 6) is -1.47.